The summed E-state index contributed by atoms with van der Waals surface area (Å²) in [4.78, 5) is 9.17. The first-order valence-corrected chi connectivity index (χ1v) is 14.2. The molecule has 0 radical (unpaired) electrons. The van der Waals surface area contributed by atoms with Crippen molar-refractivity contribution in [2.75, 3.05) is 25.4 Å². The second-order valence-corrected chi connectivity index (χ2v) is 10.1. The van der Waals surface area contributed by atoms with Crippen LogP contribution in [0.2, 0.25) is 0 Å². The number of aromatic nitrogens is 2. The molecule has 39 heavy (non-hydrogen) atoms. The van der Waals surface area contributed by atoms with Gasteiger partial charge in [-0.1, -0.05) is 91.0 Å². The fourth-order valence-corrected chi connectivity index (χ4v) is 5.61. The molecule has 4 aromatic rings. The molecule has 0 aliphatic rings. The maximum absolute atomic E-state index is 8.95. The SMILES string of the molecule is Cc1c(CSCCNC(=NCCCO)NC#N)ncn1C(c1ccccc1)(c1ccccc1)c1ccccc1. The van der Waals surface area contributed by atoms with E-state index in [4.69, 9.17) is 15.4 Å². The number of imidazole rings is 1. The van der Waals surface area contributed by atoms with E-state index in [-0.39, 0.29) is 6.61 Å². The molecule has 0 saturated carbocycles. The number of nitrogens with one attached hydrogen (secondary N) is 2. The van der Waals surface area contributed by atoms with Crippen molar-refractivity contribution in [1.82, 2.24) is 20.2 Å². The van der Waals surface area contributed by atoms with Crippen LogP contribution in [-0.2, 0) is 11.3 Å². The molecule has 0 atom stereocenters. The number of aliphatic hydroxyl groups excluding tert-OH is 1. The first kappa shape index (κ1) is 28.0. The summed E-state index contributed by atoms with van der Waals surface area (Å²) in [6.07, 6.45) is 4.43. The summed E-state index contributed by atoms with van der Waals surface area (Å²) in [5.41, 5.74) is 5.09. The molecule has 1 heterocycles. The monoisotopic (exact) mass is 538 g/mol. The topological polar surface area (TPSA) is 98.3 Å². The van der Waals surface area contributed by atoms with Crippen LogP contribution in [0.25, 0.3) is 0 Å². The zero-order chi connectivity index (χ0) is 27.3. The van der Waals surface area contributed by atoms with Crippen LogP contribution in [-0.4, -0.2) is 46.1 Å². The number of hydrogen-bond donors (Lipinski definition) is 3. The summed E-state index contributed by atoms with van der Waals surface area (Å²) in [5.74, 6) is 2.02. The fraction of sp³-hybridized carbons (Fsp3) is 0.258. The lowest BCUT2D eigenvalue weighted by atomic mass is 9.76. The highest BCUT2D eigenvalue weighted by atomic mass is 32.2. The molecule has 8 heteroatoms. The number of nitrogens with zero attached hydrogens (tertiary/aromatic N) is 4. The van der Waals surface area contributed by atoms with Gasteiger partial charge in [-0.3, -0.25) is 10.3 Å². The average molecular weight is 539 g/mol. The molecule has 3 N–H and O–H groups in total. The number of rotatable bonds is 12. The lowest BCUT2D eigenvalue weighted by molar-refractivity contribution is 0.291. The Morgan fingerprint density at radius 2 is 1.54 bits per heavy atom. The summed E-state index contributed by atoms with van der Waals surface area (Å²) in [7, 11) is 0. The van der Waals surface area contributed by atoms with Gasteiger partial charge in [-0.05, 0) is 30.0 Å². The van der Waals surface area contributed by atoms with Gasteiger partial charge in [0.05, 0.1) is 12.0 Å². The van der Waals surface area contributed by atoms with Crippen LogP contribution >= 0.6 is 11.8 Å². The number of hydrogen-bond acceptors (Lipinski definition) is 5. The van der Waals surface area contributed by atoms with Gasteiger partial charge in [0, 0.05) is 36.9 Å². The van der Waals surface area contributed by atoms with Gasteiger partial charge in [-0.25, -0.2) is 4.98 Å². The van der Waals surface area contributed by atoms with Crippen LogP contribution in [0, 0.1) is 18.4 Å². The van der Waals surface area contributed by atoms with E-state index in [0.717, 1.165) is 22.9 Å². The number of nitriles is 1. The van der Waals surface area contributed by atoms with Gasteiger partial charge in [0.25, 0.3) is 0 Å². The molecule has 3 aromatic carbocycles. The van der Waals surface area contributed by atoms with Crippen LogP contribution in [0.3, 0.4) is 0 Å². The predicted octanol–water partition coefficient (Wildman–Crippen LogP) is 4.66. The van der Waals surface area contributed by atoms with Crippen molar-refractivity contribution in [2.45, 2.75) is 24.6 Å². The van der Waals surface area contributed by atoms with E-state index < -0.39 is 5.54 Å². The molecule has 0 aliphatic carbocycles. The van der Waals surface area contributed by atoms with Crippen LogP contribution < -0.4 is 10.6 Å². The van der Waals surface area contributed by atoms with Gasteiger partial charge in [-0.2, -0.15) is 17.0 Å². The zero-order valence-corrected chi connectivity index (χ0v) is 22.9. The molecule has 0 bridgehead atoms. The van der Waals surface area contributed by atoms with Crippen LogP contribution in [0.4, 0.5) is 0 Å². The molecular formula is C31H34N6OS. The Labute approximate surface area is 234 Å². The molecule has 0 saturated heterocycles. The molecular weight excluding hydrogens is 504 g/mol. The van der Waals surface area contributed by atoms with Crippen molar-refractivity contribution in [2.24, 2.45) is 4.99 Å². The minimum Gasteiger partial charge on any atom is -0.396 e. The van der Waals surface area contributed by atoms with E-state index in [2.05, 4.69) is 118 Å². The molecule has 0 amide bonds. The van der Waals surface area contributed by atoms with Crippen LogP contribution in [0.15, 0.2) is 102 Å². The Kier molecular flexibility index (Phi) is 10.2. The Hall–Kier alpha value is -4.06. The smallest absolute Gasteiger partial charge is 0.204 e. The molecule has 0 unspecified atom stereocenters. The quantitative estimate of drug-likeness (QED) is 0.0606. The molecule has 7 nitrogen and oxygen atoms in total. The normalized spacial score (nSPS) is 11.7. The van der Waals surface area contributed by atoms with Crippen molar-refractivity contribution in [1.29, 1.82) is 5.26 Å². The largest absolute Gasteiger partial charge is 0.396 e. The summed E-state index contributed by atoms with van der Waals surface area (Å²) in [6, 6.07) is 31.8. The van der Waals surface area contributed by atoms with Gasteiger partial charge in [0.1, 0.15) is 5.54 Å². The summed E-state index contributed by atoms with van der Waals surface area (Å²) in [6.45, 7) is 3.33. The van der Waals surface area contributed by atoms with Crippen molar-refractivity contribution < 1.29 is 5.11 Å². The highest BCUT2D eigenvalue weighted by Gasteiger charge is 2.39. The molecule has 0 fully saturated rings. The summed E-state index contributed by atoms with van der Waals surface area (Å²) < 4.78 is 2.31. The Morgan fingerprint density at radius 3 is 2.05 bits per heavy atom. The summed E-state index contributed by atoms with van der Waals surface area (Å²) >= 11 is 1.78. The highest BCUT2D eigenvalue weighted by Crippen LogP contribution is 2.42. The molecule has 4 rings (SSSR count). The second kappa shape index (κ2) is 14.2. The molecule has 0 aliphatic heterocycles. The number of aliphatic imine (C=N–C) groups is 1. The van der Waals surface area contributed by atoms with Crippen LogP contribution in [0.5, 0.6) is 0 Å². The fourth-order valence-electron chi connectivity index (χ4n) is 4.75. The molecule has 1 aromatic heterocycles. The zero-order valence-electron chi connectivity index (χ0n) is 22.1. The Morgan fingerprint density at radius 1 is 0.974 bits per heavy atom. The lowest BCUT2D eigenvalue weighted by Gasteiger charge is -2.38. The average Bonchev–Trinajstić information content (AvgIpc) is 3.35. The van der Waals surface area contributed by atoms with E-state index >= 15 is 0 Å². The highest BCUT2D eigenvalue weighted by molar-refractivity contribution is 7.98. The molecule has 0 spiro atoms. The van der Waals surface area contributed by atoms with E-state index in [9.17, 15) is 0 Å². The van der Waals surface area contributed by atoms with E-state index in [1.165, 1.54) is 16.7 Å². The van der Waals surface area contributed by atoms with Crippen LogP contribution in [0.1, 0.15) is 34.5 Å². The predicted molar refractivity (Wildman–Crippen MR) is 158 cm³/mol. The minimum atomic E-state index is -0.575. The van der Waals surface area contributed by atoms with Gasteiger partial charge < -0.3 is 15.0 Å². The minimum absolute atomic E-state index is 0.0747. The lowest BCUT2D eigenvalue weighted by Crippen LogP contribution is -2.38. The standard InChI is InChI=1S/C31H34N6OS/c1-25-29(22-39-21-19-34-30(35-23-32)33-18-11-20-38)36-24-37(25)31(26-12-5-2-6-13-26,27-14-7-3-8-15-27)28-16-9-4-10-17-28/h2-10,12-17,24,38H,11,18-22H2,1H3,(H2,33,34,35). The second-order valence-electron chi connectivity index (χ2n) is 8.98. The van der Waals surface area contributed by atoms with Crippen molar-refractivity contribution in [3.8, 4) is 6.19 Å². The number of benzene rings is 3. The number of aliphatic hydroxyl groups is 1. The van der Waals surface area contributed by atoms with Gasteiger partial charge in [0.15, 0.2) is 6.19 Å². The van der Waals surface area contributed by atoms with E-state index in [0.29, 0.717) is 25.5 Å². The molecule has 200 valence electrons. The van der Waals surface area contributed by atoms with Gasteiger partial charge in [-0.15, -0.1) is 0 Å². The van der Waals surface area contributed by atoms with Gasteiger partial charge in [0.2, 0.25) is 5.96 Å². The Bertz CT molecular complexity index is 1270. The van der Waals surface area contributed by atoms with E-state index in [1.807, 2.05) is 12.5 Å². The number of thioether (sulfide) groups is 1. The Balaban J connectivity index is 1.59. The third kappa shape index (κ3) is 6.51. The first-order chi connectivity index (χ1) is 19.2. The van der Waals surface area contributed by atoms with Gasteiger partial charge >= 0.3 is 0 Å². The third-order valence-corrected chi connectivity index (χ3v) is 7.55. The van der Waals surface area contributed by atoms with Crippen molar-refractivity contribution in [3.63, 3.8) is 0 Å². The van der Waals surface area contributed by atoms with Crippen molar-refractivity contribution >= 4 is 17.7 Å². The first-order valence-electron chi connectivity index (χ1n) is 13.0. The summed E-state index contributed by atoms with van der Waals surface area (Å²) in [5, 5.41) is 23.6. The van der Waals surface area contributed by atoms with Crippen molar-refractivity contribution in [3.05, 3.63) is 125 Å². The third-order valence-electron chi connectivity index (χ3n) is 6.58. The maximum Gasteiger partial charge on any atom is 0.204 e. The number of guanidine groups is 1. The maximum atomic E-state index is 8.95. The van der Waals surface area contributed by atoms with E-state index in [1.54, 1.807) is 11.8 Å².